The number of nitriles is 1. The normalized spacial score (nSPS) is 15.3. The van der Waals surface area contributed by atoms with Gasteiger partial charge in [0.25, 0.3) is 5.56 Å². The van der Waals surface area contributed by atoms with Crippen LogP contribution in [-0.2, 0) is 11.3 Å². The highest BCUT2D eigenvalue weighted by atomic mass is 16.5. The Bertz CT molecular complexity index is 1830. The van der Waals surface area contributed by atoms with Crippen molar-refractivity contribution >= 4 is 16.8 Å². The topological polar surface area (TPSA) is 111 Å². The lowest BCUT2D eigenvalue weighted by Gasteiger charge is -2.41. The summed E-state index contributed by atoms with van der Waals surface area (Å²) < 4.78 is 15.5. The minimum atomic E-state index is -0.307. The Hall–Kier alpha value is -4.59. The zero-order chi connectivity index (χ0) is 29.3. The van der Waals surface area contributed by atoms with Crippen LogP contribution in [0.1, 0.15) is 37.8 Å². The van der Waals surface area contributed by atoms with E-state index in [0.29, 0.717) is 42.1 Å². The molecule has 42 heavy (non-hydrogen) atoms. The zero-order valence-electron chi connectivity index (χ0n) is 24.0. The van der Waals surface area contributed by atoms with E-state index in [2.05, 4.69) is 39.8 Å². The van der Waals surface area contributed by atoms with Crippen molar-refractivity contribution in [2.45, 2.75) is 44.9 Å². The van der Waals surface area contributed by atoms with E-state index in [1.165, 1.54) is 6.07 Å². The largest absolute Gasteiger partial charge is 0.487 e. The number of aromatic nitrogens is 5. The van der Waals surface area contributed by atoms with Gasteiger partial charge in [0, 0.05) is 44.1 Å². The number of nitrogens with zero attached hydrogens (tertiary/aromatic N) is 7. The fraction of sp³-hybridized carbons (Fsp3) is 0.344. The minimum absolute atomic E-state index is 0.162. The summed E-state index contributed by atoms with van der Waals surface area (Å²) in [4.78, 5) is 29.2. The first-order chi connectivity index (χ1) is 20.4. The van der Waals surface area contributed by atoms with Crippen molar-refractivity contribution in [1.82, 2.24) is 28.8 Å². The molecule has 0 aliphatic carbocycles. The first-order valence-electron chi connectivity index (χ1n) is 14.1. The van der Waals surface area contributed by atoms with Crippen LogP contribution in [0.5, 0.6) is 5.75 Å². The number of hydrogen-bond acceptors (Lipinski definition) is 8. The maximum absolute atomic E-state index is 12.9. The SMILES string of the molecule is COC1(COc2cnc(-c3cccc(Cn4c(=O)ccn5c6cc(C#N)ccc6nc45)c3)nc2)CCN(C(C)C)CC1. The maximum Gasteiger partial charge on any atom is 0.255 e. The third-order valence-corrected chi connectivity index (χ3v) is 8.20. The van der Waals surface area contributed by atoms with E-state index in [1.807, 2.05) is 28.7 Å². The summed E-state index contributed by atoms with van der Waals surface area (Å²) in [6.45, 7) is 7.19. The van der Waals surface area contributed by atoms with Gasteiger partial charge in [0.05, 0.1) is 41.6 Å². The van der Waals surface area contributed by atoms with Crippen molar-refractivity contribution in [3.05, 3.63) is 88.6 Å². The van der Waals surface area contributed by atoms with Crippen molar-refractivity contribution < 1.29 is 9.47 Å². The monoisotopic (exact) mass is 563 g/mol. The maximum atomic E-state index is 12.9. The van der Waals surface area contributed by atoms with Crippen molar-refractivity contribution in [1.29, 1.82) is 5.26 Å². The average Bonchev–Trinajstić information content (AvgIpc) is 3.40. The van der Waals surface area contributed by atoms with Gasteiger partial charge in [-0.1, -0.05) is 18.2 Å². The molecule has 2 aromatic carbocycles. The van der Waals surface area contributed by atoms with Crippen LogP contribution in [0.4, 0.5) is 0 Å². The zero-order valence-corrected chi connectivity index (χ0v) is 24.0. The average molecular weight is 564 g/mol. The van der Waals surface area contributed by atoms with Crippen LogP contribution in [0.15, 0.2) is 71.9 Å². The summed E-state index contributed by atoms with van der Waals surface area (Å²) in [5.41, 5.74) is 3.31. The molecule has 1 fully saturated rings. The Kier molecular flexibility index (Phi) is 7.45. The molecule has 5 aromatic rings. The summed E-state index contributed by atoms with van der Waals surface area (Å²) in [6.07, 6.45) is 6.91. The molecule has 6 rings (SSSR count). The fourth-order valence-corrected chi connectivity index (χ4v) is 5.56. The Balaban J connectivity index is 1.19. The molecule has 0 bridgehead atoms. The molecule has 4 heterocycles. The molecule has 214 valence electrons. The van der Waals surface area contributed by atoms with Gasteiger partial charge in [-0.2, -0.15) is 5.26 Å². The molecule has 0 unspecified atom stereocenters. The Morgan fingerprint density at radius 2 is 1.86 bits per heavy atom. The first-order valence-corrected chi connectivity index (χ1v) is 14.1. The lowest BCUT2D eigenvalue weighted by atomic mass is 9.91. The van der Waals surface area contributed by atoms with Gasteiger partial charge in [0.1, 0.15) is 12.2 Å². The second-order valence-electron chi connectivity index (χ2n) is 11.1. The standard InChI is InChI=1S/C32H33N7O3/c1-22(2)37-13-10-32(41-3,11-14-37)21-42-26-18-34-30(35-19-26)25-6-4-5-24(15-25)20-39-29(40)9-12-38-28-16-23(17-33)7-8-27(28)36-31(38)39/h4-9,12,15-16,18-19,22H,10-11,13-14,20-21H2,1-3H3. The predicted molar refractivity (Wildman–Crippen MR) is 159 cm³/mol. The molecule has 1 aliphatic heterocycles. The number of piperidine rings is 1. The molecule has 1 saturated heterocycles. The number of likely N-dealkylation sites (tertiary alicyclic amines) is 1. The van der Waals surface area contributed by atoms with Gasteiger partial charge in [-0.3, -0.25) is 13.8 Å². The van der Waals surface area contributed by atoms with E-state index in [4.69, 9.17) is 9.47 Å². The second-order valence-corrected chi connectivity index (χ2v) is 11.1. The quantitative estimate of drug-likeness (QED) is 0.275. The van der Waals surface area contributed by atoms with E-state index < -0.39 is 0 Å². The van der Waals surface area contributed by atoms with Crippen LogP contribution in [0.3, 0.4) is 0 Å². The molecule has 0 saturated carbocycles. The number of methoxy groups -OCH3 is 1. The van der Waals surface area contributed by atoms with Crippen LogP contribution >= 0.6 is 0 Å². The van der Waals surface area contributed by atoms with E-state index in [1.54, 1.807) is 48.5 Å². The third kappa shape index (κ3) is 5.36. The highest BCUT2D eigenvalue weighted by Gasteiger charge is 2.36. The Labute approximate surface area is 243 Å². The molecule has 10 heteroatoms. The van der Waals surface area contributed by atoms with Crippen molar-refractivity contribution in [3.8, 4) is 23.2 Å². The number of imidazole rings is 1. The summed E-state index contributed by atoms with van der Waals surface area (Å²) in [5.74, 6) is 1.68. The smallest absolute Gasteiger partial charge is 0.255 e. The van der Waals surface area contributed by atoms with Crippen LogP contribution < -0.4 is 10.3 Å². The van der Waals surface area contributed by atoms with Gasteiger partial charge in [0.15, 0.2) is 11.6 Å². The van der Waals surface area contributed by atoms with Gasteiger partial charge in [-0.25, -0.2) is 15.0 Å². The number of fused-ring (bicyclic) bond motifs is 3. The first kappa shape index (κ1) is 27.6. The third-order valence-electron chi connectivity index (χ3n) is 8.20. The van der Waals surface area contributed by atoms with E-state index in [0.717, 1.165) is 48.1 Å². The van der Waals surface area contributed by atoms with Gasteiger partial charge in [0.2, 0.25) is 5.78 Å². The molecule has 0 spiro atoms. The molecule has 0 atom stereocenters. The number of hydrogen-bond donors (Lipinski definition) is 0. The van der Waals surface area contributed by atoms with Crippen molar-refractivity contribution in [2.75, 3.05) is 26.8 Å². The van der Waals surface area contributed by atoms with Gasteiger partial charge in [-0.05, 0) is 56.5 Å². The number of benzene rings is 2. The van der Waals surface area contributed by atoms with Gasteiger partial charge < -0.3 is 14.4 Å². The lowest BCUT2D eigenvalue weighted by Crippen LogP contribution is -2.50. The summed E-state index contributed by atoms with van der Waals surface area (Å²) in [6, 6.07) is 17.3. The molecule has 0 N–H and O–H groups in total. The van der Waals surface area contributed by atoms with E-state index in [-0.39, 0.29) is 11.2 Å². The molecule has 0 amide bonds. The van der Waals surface area contributed by atoms with Crippen molar-refractivity contribution in [3.63, 3.8) is 0 Å². The number of ether oxygens (including phenoxy) is 2. The van der Waals surface area contributed by atoms with Gasteiger partial charge >= 0.3 is 0 Å². The molecular weight excluding hydrogens is 530 g/mol. The van der Waals surface area contributed by atoms with Crippen LogP contribution in [0.25, 0.3) is 28.2 Å². The van der Waals surface area contributed by atoms with Gasteiger partial charge in [-0.15, -0.1) is 0 Å². The van der Waals surface area contributed by atoms with E-state index >= 15 is 0 Å². The molecule has 0 radical (unpaired) electrons. The molecular formula is C32H33N7O3. The predicted octanol–water partition coefficient (Wildman–Crippen LogP) is 4.29. The molecule has 3 aromatic heterocycles. The van der Waals surface area contributed by atoms with Crippen LogP contribution in [0.2, 0.25) is 0 Å². The second kappa shape index (κ2) is 11.4. The minimum Gasteiger partial charge on any atom is -0.487 e. The summed E-state index contributed by atoms with van der Waals surface area (Å²) >= 11 is 0. The van der Waals surface area contributed by atoms with Crippen LogP contribution in [0, 0.1) is 11.3 Å². The highest BCUT2D eigenvalue weighted by molar-refractivity contribution is 5.81. The number of rotatable bonds is 8. The fourth-order valence-electron chi connectivity index (χ4n) is 5.56. The summed E-state index contributed by atoms with van der Waals surface area (Å²) in [7, 11) is 1.76. The molecule has 10 nitrogen and oxygen atoms in total. The Morgan fingerprint density at radius 1 is 1.07 bits per heavy atom. The summed E-state index contributed by atoms with van der Waals surface area (Å²) in [5, 5.41) is 9.30. The lowest BCUT2D eigenvalue weighted by molar-refractivity contribution is -0.0865. The van der Waals surface area contributed by atoms with Crippen LogP contribution in [-0.4, -0.2) is 67.3 Å². The Morgan fingerprint density at radius 3 is 2.57 bits per heavy atom. The highest BCUT2D eigenvalue weighted by Crippen LogP contribution is 2.28. The molecule has 1 aliphatic rings. The van der Waals surface area contributed by atoms with Crippen molar-refractivity contribution in [2.24, 2.45) is 0 Å². The van der Waals surface area contributed by atoms with E-state index in [9.17, 15) is 10.1 Å².